The number of carbonyl (C=O) groups is 1. The molecule has 0 N–H and O–H groups in total. The molecule has 5 nitrogen and oxygen atoms in total. The van der Waals surface area contributed by atoms with Crippen molar-refractivity contribution in [1.29, 1.82) is 0 Å². The number of aromatic nitrogens is 2. The molecule has 3 heterocycles. The minimum atomic E-state index is 0.293. The van der Waals surface area contributed by atoms with Crippen LogP contribution in [0.4, 0.5) is 0 Å². The van der Waals surface area contributed by atoms with Crippen LogP contribution < -0.4 is 0 Å². The van der Waals surface area contributed by atoms with Crippen LogP contribution in [0.5, 0.6) is 0 Å². The predicted molar refractivity (Wildman–Crippen MR) is 94.9 cm³/mol. The van der Waals surface area contributed by atoms with Gasteiger partial charge in [-0.1, -0.05) is 12.1 Å². The first-order valence-electron chi connectivity index (χ1n) is 9.16. The average molecular weight is 326 g/mol. The van der Waals surface area contributed by atoms with Crippen molar-refractivity contribution >= 4 is 16.9 Å². The Bertz CT molecular complexity index is 738. The standard InChI is InChI=1S/C19H26N4O/c1-15-20-17-7-2-3-8-18(17)23(15)13-9-19(24)22-12-5-11-21-10-4-6-16(21)14-22/h2-3,7-8,16H,4-6,9-14H2,1H3/t16-/m0/s1. The number of benzene rings is 1. The Morgan fingerprint density at radius 2 is 2.04 bits per heavy atom. The Kier molecular flexibility index (Phi) is 4.27. The maximum Gasteiger partial charge on any atom is 0.224 e. The van der Waals surface area contributed by atoms with Gasteiger partial charge in [-0.05, 0) is 44.9 Å². The van der Waals surface area contributed by atoms with E-state index in [0.29, 0.717) is 18.4 Å². The molecule has 1 aromatic heterocycles. The van der Waals surface area contributed by atoms with Crippen LogP contribution >= 0.6 is 0 Å². The van der Waals surface area contributed by atoms with Crippen molar-refractivity contribution in [2.24, 2.45) is 0 Å². The van der Waals surface area contributed by atoms with Crippen molar-refractivity contribution in [1.82, 2.24) is 19.4 Å². The van der Waals surface area contributed by atoms with Gasteiger partial charge in [0.2, 0.25) is 5.91 Å². The second-order valence-electron chi connectivity index (χ2n) is 7.07. The number of aryl methyl sites for hydroxylation is 2. The van der Waals surface area contributed by atoms with Crippen LogP contribution in [0.2, 0.25) is 0 Å². The molecular weight excluding hydrogens is 300 g/mol. The SMILES string of the molecule is Cc1nc2ccccc2n1CCC(=O)N1CCCN2CCC[C@H]2C1. The molecule has 0 radical (unpaired) electrons. The number of hydrogen-bond acceptors (Lipinski definition) is 3. The molecule has 0 aliphatic carbocycles. The van der Waals surface area contributed by atoms with E-state index in [1.54, 1.807) is 0 Å². The quantitative estimate of drug-likeness (QED) is 0.870. The van der Waals surface area contributed by atoms with Gasteiger partial charge in [0.15, 0.2) is 0 Å². The molecule has 0 unspecified atom stereocenters. The molecule has 2 aliphatic rings. The van der Waals surface area contributed by atoms with Gasteiger partial charge in [-0.15, -0.1) is 0 Å². The largest absolute Gasteiger partial charge is 0.341 e. The van der Waals surface area contributed by atoms with Crippen LogP contribution in [0.1, 0.15) is 31.5 Å². The Labute approximate surface area is 143 Å². The highest BCUT2D eigenvalue weighted by Gasteiger charge is 2.30. The van der Waals surface area contributed by atoms with Crippen LogP contribution in [0.15, 0.2) is 24.3 Å². The van der Waals surface area contributed by atoms with E-state index in [1.807, 2.05) is 25.1 Å². The highest BCUT2D eigenvalue weighted by molar-refractivity contribution is 5.78. The first kappa shape index (κ1) is 15.6. The van der Waals surface area contributed by atoms with E-state index >= 15 is 0 Å². The summed E-state index contributed by atoms with van der Waals surface area (Å²) in [5.41, 5.74) is 2.14. The number of carbonyl (C=O) groups excluding carboxylic acids is 1. The van der Waals surface area contributed by atoms with Gasteiger partial charge < -0.3 is 9.47 Å². The monoisotopic (exact) mass is 326 g/mol. The van der Waals surface area contributed by atoms with Crippen LogP contribution in [-0.2, 0) is 11.3 Å². The van der Waals surface area contributed by atoms with Gasteiger partial charge in [-0.3, -0.25) is 9.69 Å². The van der Waals surface area contributed by atoms with Gasteiger partial charge >= 0.3 is 0 Å². The van der Waals surface area contributed by atoms with Crippen LogP contribution in [0.25, 0.3) is 11.0 Å². The topological polar surface area (TPSA) is 41.4 Å². The van der Waals surface area contributed by atoms with Crippen molar-refractivity contribution in [3.05, 3.63) is 30.1 Å². The lowest BCUT2D eigenvalue weighted by atomic mass is 10.2. The van der Waals surface area contributed by atoms with Crippen LogP contribution in [0, 0.1) is 6.92 Å². The molecule has 2 aliphatic heterocycles. The van der Waals surface area contributed by atoms with Crippen molar-refractivity contribution in [3.63, 3.8) is 0 Å². The smallest absolute Gasteiger partial charge is 0.224 e. The van der Waals surface area contributed by atoms with E-state index < -0.39 is 0 Å². The summed E-state index contributed by atoms with van der Waals surface area (Å²) in [6.07, 6.45) is 4.20. The Morgan fingerprint density at radius 1 is 1.21 bits per heavy atom. The third-order valence-electron chi connectivity index (χ3n) is 5.55. The number of para-hydroxylation sites is 2. The number of nitrogens with zero attached hydrogens (tertiary/aromatic N) is 4. The van der Waals surface area contributed by atoms with E-state index in [2.05, 4.69) is 25.4 Å². The van der Waals surface area contributed by atoms with Gasteiger partial charge in [0.25, 0.3) is 0 Å². The lowest BCUT2D eigenvalue weighted by molar-refractivity contribution is -0.131. The summed E-state index contributed by atoms with van der Waals surface area (Å²) < 4.78 is 2.17. The zero-order valence-corrected chi connectivity index (χ0v) is 14.4. The second-order valence-corrected chi connectivity index (χ2v) is 7.07. The van der Waals surface area contributed by atoms with Crippen molar-refractivity contribution in [3.8, 4) is 0 Å². The summed E-state index contributed by atoms with van der Waals surface area (Å²) in [6, 6.07) is 8.75. The maximum absolute atomic E-state index is 12.8. The molecule has 0 spiro atoms. The molecule has 0 bridgehead atoms. The second kappa shape index (κ2) is 6.55. The molecule has 5 heteroatoms. The lowest BCUT2D eigenvalue weighted by Gasteiger charge is -2.26. The van der Waals surface area contributed by atoms with Gasteiger partial charge in [0, 0.05) is 38.6 Å². The van der Waals surface area contributed by atoms with Crippen LogP contribution in [0.3, 0.4) is 0 Å². The summed E-state index contributed by atoms with van der Waals surface area (Å²) in [5.74, 6) is 1.28. The zero-order valence-electron chi connectivity index (χ0n) is 14.4. The van der Waals surface area contributed by atoms with Gasteiger partial charge in [0.05, 0.1) is 11.0 Å². The van der Waals surface area contributed by atoms with Crippen molar-refractivity contribution in [2.75, 3.05) is 26.2 Å². The van der Waals surface area contributed by atoms with Gasteiger partial charge in [0.1, 0.15) is 5.82 Å². The Balaban J connectivity index is 1.43. The molecule has 4 rings (SSSR count). The normalized spacial score (nSPS) is 21.9. The molecule has 128 valence electrons. The van der Waals surface area contributed by atoms with E-state index in [0.717, 1.165) is 49.5 Å². The molecular formula is C19H26N4O. The van der Waals surface area contributed by atoms with E-state index in [9.17, 15) is 4.79 Å². The molecule has 1 amide bonds. The summed E-state index contributed by atoms with van der Waals surface area (Å²) in [5, 5.41) is 0. The van der Waals surface area contributed by atoms with Gasteiger partial charge in [-0.2, -0.15) is 0 Å². The number of hydrogen-bond donors (Lipinski definition) is 0. The Hall–Kier alpha value is -1.88. The summed E-state index contributed by atoms with van der Waals surface area (Å²) in [7, 11) is 0. The number of imidazole rings is 1. The lowest BCUT2D eigenvalue weighted by Crippen LogP contribution is -2.39. The third kappa shape index (κ3) is 2.93. The molecule has 2 saturated heterocycles. The van der Waals surface area contributed by atoms with Crippen molar-refractivity contribution in [2.45, 2.75) is 45.2 Å². The minimum absolute atomic E-state index is 0.293. The fourth-order valence-corrected chi connectivity index (χ4v) is 4.28. The highest BCUT2D eigenvalue weighted by Crippen LogP contribution is 2.22. The summed E-state index contributed by atoms with van der Waals surface area (Å²) in [6.45, 7) is 6.94. The molecule has 2 fully saturated rings. The zero-order chi connectivity index (χ0) is 16.5. The summed E-state index contributed by atoms with van der Waals surface area (Å²) in [4.78, 5) is 22.0. The van der Waals surface area contributed by atoms with Crippen molar-refractivity contribution < 1.29 is 4.79 Å². The fraction of sp³-hybridized carbons (Fsp3) is 0.579. The van der Waals surface area contributed by atoms with Gasteiger partial charge in [-0.25, -0.2) is 4.98 Å². The van der Waals surface area contributed by atoms with E-state index in [4.69, 9.17) is 0 Å². The highest BCUT2D eigenvalue weighted by atomic mass is 16.2. The molecule has 24 heavy (non-hydrogen) atoms. The fourth-order valence-electron chi connectivity index (χ4n) is 4.28. The summed E-state index contributed by atoms with van der Waals surface area (Å²) >= 11 is 0. The van der Waals surface area contributed by atoms with E-state index in [1.165, 1.54) is 19.4 Å². The Morgan fingerprint density at radius 3 is 2.96 bits per heavy atom. The van der Waals surface area contributed by atoms with Crippen LogP contribution in [-0.4, -0.2) is 57.5 Å². The molecule has 2 aromatic rings. The first-order valence-corrected chi connectivity index (χ1v) is 9.16. The average Bonchev–Trinajstić information content (AvgIpc) is 3.09. The van der Waals surface area contributed by atoms with E-state index in [-0.39, 0.29) is 0 Å². The maximum atomic E-state index is 12.8. The number of rotatable bonds is 3. The predicted octanol–water partition coefficient (Wildman–Crippen LogP) is 2.43. The number of fused-ring (bicyclic) bond motifs is 2. The molecule has 0 saturated carbocycles. The molecule has 1 atom stereocenters. The number of amides is 1. The third-order valence-corrected chi connectivity index (χ3v) is 5.55. The molecule has 1 aromatic carbocycles. The minimum Gasteiger partial charge on any atom is -0.341 e. The first-order chi connectivity index (χ1) is 11.7.